The second-order valence-electron chi connectivity index (χ2n) is 3.60. The van der Waals surface area contributed by atoms with Gasteiger partial charge in [-0.15, -0.1) is 19.1 Å². The van der Waals surface area contributed by atoms with E-state index in [2.05, 4.69) is 25.1 Å². The van der Waals surface area contributed by atoms with E-state index in [9.17, 15) is 0 Å². The van der Waals surface area contributed by atoms with Crippen LogP contribution in [0.15, 0.2) is 70.7 Å². The highest BCUT2D eigenvalue weighted by Crippen LogP contribution is 2.25. The van der Waals surface area contributed by atoms with E-state index in [1.165, 1.54) is 0 Å². The number of hydrogen-bond donors (Lipinski definition) is 1. The molecule has 1 heteroatoms. The molecule has 0 unspecified atom stereocenters. The molecule has 0 saturated carbocycles. The molecule has 0 radical (unpaired) electrons. The molecule has 0 N–H and O–H groups in total. The van der Waals surface area contributed by atoms with Crippen molar-refractivity contribution in [1.82, 2.24) is 0 Å². The molecule has 0 aliphatic rings. The quantitative estimate of drug-likeness (QED) is 0.399. The highest BCUT2D eigenvalue weighted by atomic mass is 32.1. The van der Waals surface area contributed by atoms with E-state index < -0.39 is 0 Å². The van der Waals surface area contributed by atoms with Crippen LogP contribution in [-0.2, 0) is 0 Å². The monoisotopic (exact) mass is 256 g/mol. The minimum Gasteiger partial charge on any atom is -0.143 e. The van der Waals surface area contributed by atoms with Gasteiger partial charge in [0.25, 0.3) is 0 Å². The molecule has 0 saturated heterocycles. The molecule has 0 atom stereocenters. The topological polar surface area (TPSA) is 0 Å². The van der Waals surface area contributed by atoms with Crippen molar-refractivity contribution in [3.05, 3.63) is 70.7 Å². The first kappa shape index (κ1) is 16.4. The molecular formula is C17H20S. The van der Waals surface area contributed by atoms with E-state index in [-0.39, 0.29) is 0 Å². The van der Waals surface area contributed by atoms with Crippen LogP contribution >= 0.6 is 12.6 Å². The first-order chi connectivity index (χ1) is 8.62. The molecule has 0 aromatic rings. The zero-order valence-corrected chi connectivity index (χ0v) is 12.2. The summed E-state index contributed by atoms with van der Waals surface area (Å²) in [4.78, 5) is 0.896. The normalized spacial score (nSPS) is 14.8. The van der Waals surface area contributed by atoms with Crippen LogP contribution in [0.3, 0.4) is 0 Å². The molecule has 0 aliphatic carbocycles. The van der Waals surface area contributed by atoms with E-state index in [0.717, 1.165) is 21.6 Å². The van der Waals surface area contributed by atoms with Gasteiger partial charge in [0.2, 0.25) is 0 Å². The van der Waals surface area contributed by atoms with Crippen molar-refractivity contribution in [3.63, 3.8) is 0 Å². The Morgan fingerprint density at radius 1 is 1.17 bits per heavy atom. The smallest absolute Gasteiger partial charge is 0.0148 e. The lowest BCUT2D eigenvalue weighted by Crippen LogP contribution is -1.89. The third-order valence-electron chi connectivity index (χ3n) is 2.29. The summed E-state index contributed by atoms with van der Waals surface area (Å²) in [6.07, 6.45) is 18.7. The second kappa shape index (κ2) is 9.39. The Morgan fingerprint density at radius 3 is 2.17 bits per heavy atom. The van der Waals surface area contributed by atoms with Gasteiger partial charge in [-0.2, -0.15) is 0 Å². The average molecular weight is 256 g/mol. The molecule has 18 heavy (non-hydrogen) atoms. The summed E-state index contributed by atoms with van der Waals surface area (Å²) in [5.74, 6) is 2.55. The molecule has 0 aromatic heterocycles. The van der Waals surface area contributed by atoms with Gasteiger partial charge in [-0.05, 0) is 43.6 Å². The lowest BCUT2D eigenvalue weighted by atomic mass is 10.0. The number of allylic oxidation sites excluding steroid dienone is 10. The van der Waals surface area contributed by atoms with Gasteiger partial charge in [-0.25, -0.2) is 0 Å². The third kappa shape index (κ3) is 5.12. The molecular weight excluding hydrogens is 236 g/mol. The Morgan fingerprint density at radius 2 is 1.72 bits per heavy atom. The minimum atomic E-state index is 0.896. The SMILES string of the molecule is C#C/C=C(\C=C/C)C(/C)=C(/S)C(=CC=C)/C=C\C. The molecule has 0 rings (SSSR count). The van der Waals surface area contributed by atoms with Crippen LogP contribution in [0.25, 0.3) is 0 Å². The Balaban J connectivity index is 5.71. The highest BCUT2D eigenvalue weighted by Gasteiger charge is 2.04. The predicted octanol–water partition coefficient (Wildman–Crippen LogP) is 5.01. The van der Waals surface area contributed by atoms with Crippen molar-refractivity contribution in [1.29, 1.82) is 0 Å². The van der Waals surface area contributed by atoms with Crippen molar-refractivity contribution < 1.29 is 0 Å². The summed E-state index contributed by atoms with van der Waals surface area (Å²) in [6, 6.07) is 0. The second-order valence-corrected chi connectivity index (χ2v) is 4.04. The highest BCUT2D eigenvalue weighted by molar-refractivity contribution is 7.84. The molecule has 0 aliphatic heterocycles. The Kier molecular flexibility index (Phi) is 8.53. The van der Waals surface area contributed by atoms with Gasteiger partial charge in [0, 0.05) is 4.91 Å². The van der Waals surface area contributed by atoms with Crippen molar-refractivity contribution in [2.45, 2.75) is 20.8 Å². The molecule has 0 nitrogen and oxygen atoms in total. The van der Waals surface area contributed by atoms with Crippen molar-refractivity contribution in [2.24, 2.45) is 0 Å². The molecule has 0 fully saturated rings. The summed E-state index contributed by atoms with van der Waals surface area (Å²) in [5.41, 5.74) is 3.05. The fourth-order valence-electron chi connectivity index (χ4n) is 1.42. The van der Waals surface area contributed by atoms with Gasteiger partial charge in [0.1, 0.15) is 0 Å². The number of thiol groups is 1. The lowest BCUT2D eigenvalue weighted by Gasteiger charge is -2.08. The van der Waals surface area contributed by atoms with Crippen LogP contribution in [0.1, 0.15) is 20.8 Å². The van der Waals surface area contributed by atoms with Crippen LogP contribution < -0.4 is 0 Å². The summed E-state index contributed by atoms with van der Waals surface area (Å²) >= 11 is 4.58. The summed E-state index contributed by atoms with van der Waals surface area (Å²) in [7, 11) is 0. The summed E-state index contributed by atoms with van der Waals surface area (Å²) < 4.78 is 0. The van der Waals surface area contributed by atoms with Gasteiger partial charge >= 0.3 is 0 Å². The number of rotatable bonds is 5. The predicted molar refractivity (Wildman–Crippen MR) is 86.5 cm³/mol. The van der Waals surface area contributed by atoms with E-state index in [0.29, 0.717) is 0 Å². The van der Waals surface area contributed by atoms with E-state index in [4.69, 9.17) is 6.42 Å². The molecule has 0 aromatic carbocycles. The van der Waals surface area contributed by atoms with E-state index in [1.807, 2.05) is 51.2 Å². The molecule has 0 bridgehead atoms. The Hall–Kier alpha value is -1.65. The van der Waals surface area contributed by atoms with Gasteiger partial charge in [0.05, 0.1) is 0 Å². The van der Waals surface area contributed by atoms with Gasteiger partial charge < -0.3 is 0 Å². The summed E-state index contributed by atoms with van der Waals surface area (Å²) in [5, 5.41) is 0. The fraction of sp³-hybridized carbons (Fsp3) is 0.176. The average Bonchev–Trinajstić information content (AvgIpc) is 2.36. The number of terminal acetylenes is 1. The maximum absolute atomic E-state index is 5.34. The van der Waals surface area contributed by atoms with E-state index >= 15 is 0 Å². The minimum absolute atomic E-state index is 0.896. The maximum Gasteiger partial charge on any atom is 0.0148 e. The molecule has 0 heterocycles. The molecule has 0 amide bonds. The van der Waals surface area contributed by atoms with Crippen LogP contribution in [-0.4, -0.2) is 0 Å². The van der Waals surface area contributed by atoms with Gasteiger partial charge in [-0.1, -0.05) is 49.0 Å². The molecule has 0 spiro atoms. The Labute approximate surface area is 117 Å². The van der Waals surface area contributed by atoms with Crippen LogP contribution in [0.5, 0.6) is 0 Å². The van der Waals surface area contributed by atoms with Gasteiger partial charge in [0.15, 0.2) is 0 Å². The first-order valence-corrected chi connectivity index (χ1v) is 6.22. The van der Waals surface area contributed by atoms with Crippen molar-refractivity contribution >= 4 is 12.6 Å². The molecule has 94 valence electrons. The van der Waals surface area contributed by atoms with E-state index in [1.54, 1.807) is 12.2 Å². The first-order valence-electron chi connectivity index (χ1n) is 5.77. The fourth-order valence-corrected chi connectivity index (χ4v) is 1.70. The number of hydrogen-bond acceptors (Lipinski definition) is 1. The largest absolute Gasteiger partial charge is 0.143 e. The summed E-state index contributed by atoms with van der Waals surface area (Å²) in [6.45, 7) is 9.65. The van der Waals surface area contributed by atoms with Crippen LogP contribution in [0.2, 0.25) is 0 Å². The van der Waals surface area contributed by atoms with Crippen molar-refractivity contribution in [3.8, 4) is 12.3 Å². The third-order valence-corrected chi connectivity index (χ3v) is 2.88. The maximum atomic E-state index is 5.34. The zero-order chi connectivity index (χ0) is 14.0. The van der Waals surface area contributed by atoms with Gasteiger partial charge in [-0.3, -0.25) is 0 Å². The zero-order valence-electron chi connectivity index (χ0n) is 11.3. The van der Waals surface area contributed by atoms with Crippen LogP contribution in [0.4, 0.5) is 0 Å². The van der Waals surface area contributed by atoms with Crippen molar-refractivity contribution in [2.75, 3.05) is 0 Å². The van der Waals surface area contributed by atoms with Crippen LogP contribution in [0, 0.1) is 12.3 Å². The lowest BCUT2D eigenvalue weighted by molar-refractivity contribution is 1.39. The Bertz CT molecular complexity index is 474. The standard InChI is InChI=1S/C17H20S/c1-6-10-15(11-7-2)14(5)17(18)16(12-8-3)13-9-4/h1,7-13,18H,3H2,2,4-5H3/b11-7-,13-9-,15-10+,16-12?,17-14+.